The van der Waals surface area contributed by atoms with E-state index in [0.717, 1.165) is 14.0 Å². The lowest BCUT2D eigenvalue weighted by molar-refractivity contribution is -0.400. The van der Waals surface area contributed by atoms with Crippen LogP contribution in [-0.4, -0.2) is 31.1 Å². The van der Waals surface area contributed by atoms with E-state index in [1.165, 1.54) is 18.2 Å². The van der Waals surface area contributed by atoms with E-state index in [1.807, 2.05) is 13.8 Å². The fraction of sp³-hybridized carbons (Fsp3) is 0.667. The largest absolute Gasteiger partial charge is 0.460 e. The summed E-state index contributed by atoms with van der Waals surface area (Å²) < 4.78 is 123. The van der Waals surface area contributed by atoms with Crippen LogP contribution in [0.2, 0.25) is 0 Å². The molecule has 1 atom stereocenters. The molecule has 28 heavy (non-hydrogen) atoms. The predicted octanol–water partition coefficient (Wildman–Crippen LogP) is 6.61. The van der Waals surface area contributed by atoms with Gasteiger partial charge in [-0.05, 0) is 30.4 Å². The van der Waals surface area contributed by atoms with Gasteiger partial charge >= 0.3 is 23.9 Å². The zero-order chi connectivity index (χ0) is 22.2. The summed E-state index contributed by atoms with van der Waals surface area (Å²) >= 11 is 0. The van der Waals surface area contributed by atoms with E-state index in [9.17, 15) is 39.5 Å². The number of ether oxygens (including phenoxy) is 1. The average molecular weight is 424 g/mol. The Kier molecular flexibility index (Phi) is 6.81. The summed E-state index contributed by atoms with van der Waals surface area (Å²) in [6.45, 7) is 4.67. The Labute approximate surface area is 156 Å². The normalized spacial score (nSPS) is 16.4. The second-order valence-corrected chi connectivity index (χ2v) is 7.26. The molecule has 0 amide bonds. The number of benzene rings is 1. The maximum atomic E-state index is 14.1. The van der Waals surface area contributed by atoms with Crippen LogP contribution in [0.15, 0.2) is 24.3 Å². The van der Waals surface area contributed by atoms with Crippen molar-refractivity contribution in [1.29, 1.82) is 0 Å². The molecule has 0 N–H and O–H groups in total. The van der Waals surface area contributed by atoms with Crippen LogP contribution < -0.4 is 0 Å². The Hall–Kier alpha value is -1.45. The Morgan fingerprint density at radius 3 is 1.86 bits per heavy atom. The van der Waals surface area contributed by atoms with Crippen LogP contribution in [0, 0.1) is 5.92 Å². The summed E-state index contributed by atoms with van der Waals surface area (Å²) in [6, 6.07) is 5.71. The predicted molar refractivity (Wildman–Crippen MR) is 84.9 cm³/mol. The van der Waals surface area contributed by atoms with Crippen molar-refractivity contribution in [1.82, 2.24) is 0 Å². The van der Waals surface area contributed by atoms with Crippen LogP contribution >= 0.6 is 0 Å². The standard InChI is InChI=1S/C18H21F9O/c1-11(2)8-12-6-5-7-13(9-12)14(3,28-4)10-15(19,20)16(21,22)17(23,24)18(25,26)27/h5-7,9,11H,8,10H2,1-4H3. The molecular formula is C18H21F9O. The van der Waals surface area contributed by atoms with Crippen LogP contribution in [-0.2, 0) is 16.8 Å². The van der Waals surface area contributed by atoms with E-state index in [2.05, 4.69) is 0 Å². The lowest BCUT2D eigenvalue weighted by atomic mass is 9.84. The number of hydrogen-bond acceptors (Lipinski definition) is 1. The van der Waals surface area contributed by atoms with E-state index >= 15 is 0 Å². The Balaban J connectivity index is 3.33. The summed E-state index contributed by atoms with van der Waals surface area (Å²) in [7, 11) is 0.880. The van der Waals surface area contributed by atoms with Crippen molar-refractivity contribution >= 4 is 0 Å². The summed E-state index contributed by atoms with van der Waals surface area (Å²) in [4.78, 5) is 0. The van der Waals surface area contributed by atoms with Gasteiger partial charge in [0, 0.05) is 7.11 Å². The average Bonchev–Trinajstić information content (AvgIpc) is 2.52. The molecule has 0 fully saturated rings. The Morgan fingerprint density at radius 2 is 1.43 bits per heavy atom. The summed E-state index contributed by atoms with van der Waals surface area (Å²) in [5.41, 5.74) is -1.63. The molecule has 1 rings (SSSR count). The van der Waals surface area contributed by atoms with Gasteiger partial charge < -0.3 is 4.74 Å². The molecule has 1 unspecified atom stereocenters. The monoisotopic (exact) mass is 424 g/mol. The fourth-order valence-electron chi connectivity index (χ4n) is 2.73. The summed E-state index contributed by atoms with van der Waals surface area (Å²) in [5.74, 6) is -19.1. The molecule has 1 aromatic rings. The van der Waals surface area contributed by atoms with Gasteiger partial charge in [0.2, 0.25) is 0 Å². The second-order valence-electron chi connectivity index (χ2n) is 7.26. The Bertz CT molecular complexity index is 667. The van der Waals surface area contributed by atoms with Crippen LogP contribution in [0.4, 0.5) is 39.5 Å². The fourth-order valence-corrected chi connectivity index (χ4v) is 2.73. The molecule has 0 aromatic heterocycles. The van der Waals surface area contributed by atoms with Gasteiger partial charge in [-0.2, -0.15) is 39.5 Å². The van der Waals surface area contributed by atoms with Crippen molar-refractivity contribution in [3.63, 3.8) is 0 Å². The number of hydrogen-bond donors (Lipinski definition) is 0. The Morgan fingerprint density at radius 1 is 0.893 bits per heavy atom. The minimum Gasteiger partial charge on any atom is -0.374 e. The molecule has 0 radical (unpaired) electrons. The quantitative estimate of drug-likeness (QED) is 0.427. The topological polar surface area (TPSA) is 9.23 Å². The van der Waals surface area contributed by atoms with Crippen molar-refractivity contribution in [2.75, 3.05) is 7.11 Å². The van der Waals surface area contributed by atoms with Crippen LogP contribution in [0.3, 0.4) is 0 Å². The van der Waals surface area contributed by atoms with Crippen LogP contribution in [0.25, 0.3) is 0 Å². The van der Waals surface area contributed by atoms with Gasteiger partial charge in [0.05, 0.1) is 12.0 Å². The lowest BCUT2D eigenvalue weighted by Crippen LogP contribution is -2.62. The minimum absolute atomic E-state index is 0.0426. The van der Waals surface area contributed by atoms with Crippen LogP contribution in [0.5, 0.6) is 0 Å². The molecule has 0 aliphatic rings. The highest BCUT2D eigenvalue weighted by Gasteiger charge is 2.82. The van der Waals surface area contributed by atoms with Crippen molar-refractivity contribution in [2.24, 2.45) is 5.92 Å². The van der Waals surface area contributed by atoms with Gasteiger partial charge in [-0.15, -0.1) is 0 Å². The third-order valence-corrected chi connectivity index (χ3v) is 4.40. The van der Waals surface area contributed by atoms with Crippen molar-refractivity contribution in [3.8, 4) is 0 Å². The first-order valence-electron chi connectivity index (χ1n) is 8.26. The van der Waals surface area contributed by atoms with E-state index in [-0.39, 0.29) is 11.5 Å². The summed E-state index contributed by atoms with van der Waals surface area (Å²) in [5, 5.41) is 0. The highest BCUT2D eigenvalue weighted by Crippen LogP contribution is 2.56. The molecule has 0 spiro atoms. The molecule has 10 heteroatoms. The van der Waals surface area contributed by atoms with E-state index < -0.39 is 36.0 Å². The zero-order valence-corrected chi connectivity index (χ0v) is 15.6. The number of halogens is 9. The number of alkyl halides is 9. The zero-order valence-electron chi connectivity index (χ0n) is 15.6. The second kappa shape index (κ2) is 7.76. The molecule has 1 nitrogen and oxygen atoms in total. The molecule has 162 valence electrons. The molecule has 0 saturated heterocycles. The molecule has 0 aliphatic carbocycles. The maximum Gasteiger partial charge on any atom is 0.460 e. The SMILES string of the molecule is COC(C)(CC(F)(F)C(F)(F)C(F)(F)C(F)(F)F)c1cccc(CC(C)C)c1. The maximum absolute atomic E-state index is 14.1. The number of rotatable bonds is 8. The van der Waals surface area contributed by atoms with Crippen molar-refractivity contribution < 1.29 is 44.3 Å². The molecule has 0 aliphatic heterocycles. The molecule has 1 aromatic carbocycles. The highest BCUT2D eigenvalue weighted by molar-refractivity contribution is 5.29. The van der Waals surface area contributed by atoms with E-state index in [0.29, 0.717) is 12.0 Å². The van der Waals surface area contributed by atoms with Crippen molar-refractivity contribution in [2.45, 2.75) is 63.2 Å². The van der Waals surface area contributed by atoms with Crippen molar-refractivity contribution in [3.05, 3.63) is 35.4 Å². The highest BCUT2D eigenvalue weighted by atomic mass is 19.4. The smallest absolute Gasteiger partial charge is 0.374 e. The summed E-state index contributed by atoms with van der Waals surface area (Å²) in [6.07, 6.45) is -8.42. The molecular weight excluding hydrogens is 403 g/mol. The molecule has 0 saturated carbocycles. The van der Waals surface area contributed by atoms with E-state index in [1.54, 1.807) is 6.07 Å². The van der Waals surface area contributed by atoms with Gasteiger partial charge in [-0.3, -0.25) is 0 Å². The van der Waals surface area contributed by atoms with Gasteiger partial charge in [0.25, 0.3) is 0 Å². The third-order valence-electron chi connectivity index (χ3n) is 4.40. The first-order chi connectivity index (χ1) is 12.4. The van der Waals surface area contributed by atoms with Gasteiger partial charge in [-0.1, -0.05) is 38.1 Å². The van der Waals surface area contributed by atoms with E-state index in [4.69, 9.17) is 4.74 Å². The lowest BCUT2D eigenvalue weighted by Gasteiger charge is -2.38. The molecule has 0 bridgehead atoms. The van der Waals surface area contributed by atoms with Crippen LogP contribution in [0.1, 0.15) is 38.3 Å². The molecule has 0 heterocycles. The van der Waals surface area contributed by atoms with Gasteiger partial charge in [0.15, 0.2) is 0 Å². The first-order valence-corrected chi connectivity index (χ1v) is 8.26. The van der Waals surface area contributed by atoms with Gasteiger partial charge in [-0.25, -0.2) is 0 Å². The third kappa shape index (κ3) is 4.58. The van der Waals surface area contributed by atoms with Gasteiger partial charge in [0.1, 0.15) is 0 Å². The minimum atomic E-state index is -6.92. The first kappa shape index (κ1) is 24.6. The number of methoxy groups -OCH3 is 1.